The van der Waals surface area contributed by atoms with Crippen LogP contribution in [0.4, 0.5) is 0 Å². The predicted molar refractivity (Wildman–Crippen MR) is 78.0 cm³/mol. The lowest BCUT2D eigenvalue weighted by molar-refractivity contribution is -0.121. The van der Waals surface area contributed by atoms with Gasteiger partial charge in [-0.05, 0) is 36.2 Å². The lowest BCUT2D eigenvalue weighted by atomic mass is 10.1. The molecule has 0 saturated heterocycles. The Morgan fingerprint density at radius 3 is 2.70 bits per heavy atom. The van der Waals surface area contributed by atoms with Gasteiger partial charge in [0.25, 0.3) is 0 Å². The van der Waals surface area contributed by atoms with Gasteiger partial charge >= 0.3 is 0 Å². The standard InChI is InChI=1S/C15H15ClN2O2/c16-13-5-3-12(4-6-13)7-8-17-15(20)10-18-9-1-2-14(18)11-19/h1-6,9,11H,7-8,10H2,(H,17,20). The molecule has 20 heavy (non-hydrogen) atoms. The normalized spacial score (nSPS) is 10.2. The van der Waals surface area contributed by atoms with Gasteiger partial charge in [0.05, 0.1) is 5.69 Å². The third-order valence-electron chi connectivity index (χ3n) is 2.95. The SMILES string of the molecule is O=Cc1cccn1CC(=O)NCCc1ccc(Cl)cc1. The summed E-state index contributed by atoms with van der Waals surface area (Å²) in [5.41, 5.74) is 1.61. The second-order valence-electron chi connectivity index (χ2n) is 4.41. The number of hydrogen-bond acceptors (Lipinski definition) is 2. The largest absolute Gasteiger partial charge is 0.354 e. The minimum atomic E-state index is -0.113. The number of nitrogens with one attached hydrogen (secondary N) is 1. The number of hydrogen-bond donors (Lipinski definition) is 1. The van der Waals surface area contributed by atoms with Gasteiger partial charge in [0, 0.05) is 17.8 Å². The fraction of sp³-hybridized carbons (Fsp3) is 0.200. The third kappa shape index (κ3) is 3.96. The highest BCUT2D eigenvalue weighted by Gasteiger charge is 2.05. The van der Waals surface area contributed by atoms with Crippen molar-refractivity contribution < 1.29 is 9.59 Å². The number of aromatic nitrogens is 1. The van der Waals surface area contributed by atoms with Crippen molar-refractivity contribution >= 4 is 23.8 Å². The number of aldehydes is 1. The Bertz CT molecular complexity index is 590. The number of carbonyl (C=O) groups is 2. The van der Waals surface area contributed by atoms with Crippen LogP contribution in [0.2, 0.25) is 5.02 Å². The van der Waals surface area contributed by atoms with E-state index in [4.69, 9.17) is 11.6 Å². The van der Waals surface area contributed by atoms with Crippen LogP contribution in [0.3, 0.4) is 0 Å². The predicted octanol–water partition coefficient (Wildman–Crippen LogP) is 2.31. The van der Waals surface area contributed by atoms with Gasteiger partial charge in [-0.1, -0.05) is 23.7 Å². The van der Waals surface area contributed by atoms with Crippen LogP contribution in [0.15, 0.2) is 42.6 Å². The Balaban J connectivity index is 1.78. The van der Waals surface area contributed by atoms with Crippen LogP contribution < -0.4 is 5.32 Å². The lowest BCUT2D eigenvalue weighted by Gasteiger charge is -2.07. The smallest absolute Gasteiger partial charge is 0.239 e. The monoisotopic (exact) mass is 290 g/mol. The number of rotatable bonds is 6. The Kier molecular flexibility index (Phi) is 4.96. The summed E-state index contributed by atoms with van der Waals surface area (Å²) < 4.78 is 1.62. The minimum absolute atomic E-state index is 0.113. The van der Waals surface area contributed by atoms with E-state index in [1.807, 2.05) is 24.3 Å². The topological polar surface area (TPSA) is 51.1 Å². The van der Waals surface area contributed by atoms with Gasteiger partial charge in [-0.3, -0.25) is 9.59 Å². The quantitative estimate of drug-likeness (QED) is 0.830. The van der Waals surface area contributed by atoms with Crippen LogP contribution in [-0.2, 0) is 17.8 Å². The van der Waals surface area contributed by atoms with Crippen molar-refractivity contribution in [1.82, 2.24) is 9.88 Å². The first kappa shape index (κ1) is 14.3. The van der Waals surface area contributed by atoms with E-state index >= 15 is 0 Å². The Labute approximate surface area is 122 Å². The van der Waals surface area contributed by atoms with Crippen LogP contribution in [0, 0.1) is 0 Å². The molecule has 2 rings (SSSR count). The molecule has 0 atom stereocenters. The number of halogens is 1. The van der Waals surface area contributed by atoms with Crippen molar-refractivity contribution in [2.75, 3.05) is 6.54 Å². The Hall–Kier alpha value is -2.07. The second-order valence-corrected chi connectivity index (χ2v) is 4.84. The van der Waals surface area contributed by atoms with E-state index in [1.54, 1.807) is 22.9 Å². The zero-order chi connectivity index (χ0) is 14.4. The molecule has 0 spiro atoms. The molecule has 5 heteroatoms. The second kappa shape index (κ2) is 6.91. The zero-order valence-corrected chi connectivity index (χ0v) is 11.6. The molecule has 0 fully saturated rings. The maximum absolute atomic E-state index is 11.8. The van der Waals surface area contributed by atoms with E-state index in [0.717, 1.165) is 18.3 Å². The molecule has 104 valence electrons. The summed E-state index contributed by atoms with van der Waals surface area (Å²) in [6.45, 7) is 0.708. The first-order valence-electron chi connectivity index (χ1n) is 6.30. The summed E-state index contributed by atoms with van der Waals surface area (Å²) in [6, 6.07) is 10.9. The molecule has 0 radical (unpaired) electrons. The van der Waals surface area contributed by atoms with E-state index < -0.39 is 0 Å². The molecule has 1 amide bonds. The summed E-state index contributed by atoms with van der Waals surface area (Å²) in [6.07, 6.45) is 3.19. The van der Waals surface area contributed by atoms with Crippen LogP contribution in [-0.4, -0.2) is 23.3 Å². The van der Waals surface area contributed by atoms with E-state index in [-0.39, 0.29) is 12.5 Å². The number of nitrogens with zero attached hydrogens (tertiary/aromatic N) is 1. The summed E-state index contributed by atoms with van der Waals surface area (Å²) in [5.74, 6) is -0.113. The van der Waals surface area contributed by atoms with Crippen molar-refractivity contribution in [2.24, 2.45) is 0 Å². The highest BCUT2D eigenvalue weighted by Crippen LogP contribution is 2.09. The minimum Gasteiger partial charge on any atom is -0.354 e. The summed E-state index contributed by atoms with van der Waals surface area (Å²) in [7, 11) is 0. The molecule has 1 N–H and O–H groups in total. The molecular formula is C15H15ClN2O2. The van der Waals surface area contributed by atoms with Gasteiger partial charge in [-0.2, -0.15) is 0 Å². The van der Waals surface area contributed by atoms with Crippen LogP contribution in [0.1, 0.15) is 16.1 Å². The molecule has 0 bridgehead atoms. The molecule has 0 unspecified atom stereocenters. The molecule has 2 aromatic rings. The van der Waals surface area contributed by atoms with Crippen molar-refractivity contribution in [3.8, 4) is 0 Å². The maximum Gasteiger partial charge on any atom is 0.239 e. The first-order chi connectivity index (χ1) is 9.69. The summed E-state index contributed by atoms with van der Waals surface area (Å²) in [5, 5.41) is 3.53. The van der Waals surface area contributed by atoms with E-state index in [9.17, 15) is 9.59 Å². The molecule has 0 aliphatic heterocycles. The van der Waals surface area contributed by atoms with Gasteiger partial charge in [-0.15, -0.1) is 0 Å². The molecule has 0 saturated carbocycles. The lowest BCUT2D eigenvalue weighted by Crippen LogP contribution is -2.29. The molecule has 1 aromatic carbocycles. The molecule has 0 aliphatic carbocycles. The Morgan fingerprint density at radius 2 is 2.00 bits per heavy atom. The van der Waals surface area contributed by atoms with Crippen LogP contribution >= 0.6 is 11.6 Å². The maximum atomic E-state index is 11.8. The van der Waals surface area contributed by atoms with Crippen LogP contribution in [0.25, 0.3) is 0 Å². The van der Waals surface area contributed by atoms with Gasteiger partial charge < -0.3 is 9.88 Å². The Morgan fingerprint density at radius 1 is 1.25 bits per heavy atom. The van der Waals surface area contributed by atoms with Gasteiger partial charge in [-0.25, -0.2) is 0 Å². The van der Waals surface area contributed by atoms with Crippen molar-refractivity contribution in [1.29, 1.82) is 0 Å². The number of carbonyl (C=O) groups excluding carboxylic acids is 2. The van der Waals surface area contributed by atoms with Gasteiger partial charge in [0.1, 0.15) is 6.54 Å². The molecule has 1 heterocycles. The average molecular weight is 291 g/mol. The van der Waals surface area contributed by atoms with Gasteiger partial charge in [0.2, 0.25) is 5.91 Å². The summed E-state index contributed by atoms with van der Waals surface area (Å²) in [4.78, 5) is 22.5. The molecule has 1 aromatic heterocycles. The highest BCUT2D eigenvalue weighted by atomic mass is 35.5. The third-order valence-corrected chi connectivity index (χ3v) is 3.20. The van der Waals surface area contributed by atoms with Crippen molar-refractivity contribution in [2.45, 2.75) is 13.0 Å². The fourth-order valence-electron chi connectivity index (χ4n) is 1.89. The summed E-state index contributed by atoms with van der Waals surface area (Å²) >= 11 is 5.80. The average Bonchev–Trinajstić information content (AvgIpc) is 2.88. The van der Waals surface area contributed by atoms with E-state index in [2.05, 4.69) is 5.32 Å². The first-order valence-corrected chi connectivity index (χ1v) is 6.68. The molecule has 0 aliphatic rings. The number of amides is 1. The zero-order valence-electron chi connectivity index (χ0n) is 10.9. The van der Waals surface area contributed by atoms with E-state index in [1.165, 1.54) is 0 Å². The van der Waals surface area contributed by atoms with Crippen molar-refractivity contribution in [3.63, 3.8) is 0 Å². The molecule has 4 nitrogen and oxygen atoms in total. The molecular weight excluding hydrogens is 276 g/mol. The van der Waals surface area contributed by atoms with Crippen LogP contribution in [0.5, 0.6) is 0 Å². The van der Waals surface area contributed by atoms with E-state index in [0.29, 0.717) is 17.3 Å². The van der Waals surface area contributed by atoms with Crippen molar-refractivity contribution in [3.05, 3.63) is 58.9 Å². The fourth-order valence-corrected chi connectivity index (χ4v) is 2.01. The highest BCUT2D eigenvalue weighted by molar-refractivity contribution is 6.30. The number of benzene rings is 1. The van der Waals surface area contributed by atoms with Gasteiger partial charge in [0.15, 0.2) is 6.29 Å².